The van der Waals surface area contributed by atoms with Gasteiger partial charge in [-0.15, -0.1) is 0 Å². The second-order valence-corrected chi connectivity index (χ2v) is 4.70. The van der Waals surface area contributed by atoms with Crippen LogP contribution in [-0.4, -0.2) is 11.6 Å². The van der Waals surface area contributed by atoms with Gasteiger partial charge in [-0.2, -0.15) is 0 Å². The molecule has 2 aromatic rings. The van der Waals surface area contributed by atoms with Gasteiger partial charge in [-0.25, -0.2) is 0 Å². The highest BCUT2D eigenvalue weighted by Gasteiger charge is 2.11. The summed E-state index contributed by atoms with van der Waals surface area (Å²) < 4.78 is 5.66. The van der Waals surface area contributed by atoms with Crippen molar-refractivity contribution in [1.29, 1.82) is 0 Å². The normalized spacial score (nSPS) is 12.1. The fourth-order valence-corrected chi connectivity index (χ4v) is 2.07. The van der Waals surface area contributed by atoms with Gasteiger partial charge in [0.2, 0.25) is 0 Å². The first-order chi connectivity index (χ1) is 9.83. The van der Waals surface area contributed by atoms with Crippen LogP contribution in [0.3, 0.4) is 0 Å². The Bertz CT molecular complexity index is 516. The van der Waals surface area contributed by atoms with Gasteiger partial charge in [0.15, 0.2) is 0 Å². The highest BCUT2D eigenvalue weighted by molar-refractivity contribution is 5.31. The Balaban J connectivity index is 2.10. The Morgan fingerprint density at radius 1 is 1.25 bits per heavy atom. The molecule has 1 heterocycles. The molecule has 4 heteroatoms. The SMILES string of the molecule is CCCOc1cccc(C(Cc2ccncc2)NN)c1. The molecule has 0 saturated heterocycles. The van der Waals surface area contributed by atoms with Crippen molar-refractivity contribution < 1.29 is 4.74 Å². The number of ether oxygens (including phenoxy) is 1. The molecule has 0 fully saturated rings. The van der Waals surface area contributed by atoms with E-state index in [9.17, 15) is 0 Å². The molecule has 1 unspecified atom stereocenters. The van der Waals surface area contributed by atoms with E-state index in [1.807, 2.05) is 30.3 Å². The topological polar surface area (TPSA) is 60.2 Å². The minimum Gasteiger partial charge on any atom is -0.494 e. The van der Waals surface area contributed by atoms with Gasteiger partial charge in [0.25, 0.3) is 0 Å². The Hall–Kier alpha value is -1.91. The average molecular weight is 271 g/mol. The van der Waals surface area contributed by atoms with E-state index in [1.54, 1.807) is 12.4 Å². The van der Waals surface area contributed by atoms with Crippen LogP contribution in [0, 0.1) is 0 Å². The number of hydrazine groups is 1. The van der Waals surface area contributed by atoms with Gasteiger partial charge in [-0.1, -0.05) is 19.1 Å². The molecule has 3 N–H and O–H groups in total. The zero-order valence-corrected chi connectivity index (χ0v) is 11.8. The standard InChI is InChI=1S/C16H21N3O/c1-2-10-20-15-5-3-4-14(12-15)16(19-17)11-13-6-8-18-9-7-13/h3-9,12,16,19H,2,10-11,17H2,1H3. The number of nitrogens with two attached hydrogens (primary N) is 1. The second-order valence-electron chi connectivity index (χ2n) is 4.70. The van der Waals surface area contributed by atoms with Crippen LogP contribution in [0.15, 0.2) is 48.8 Å². The van der Waals surface area contributed by atoms with Crippen molar-refractivity contribution in [2.45, 2.75) is 25.8 Å². The highest BCUT2D eigenvalue weighted by atomic mass is 16.5. The van der Waals surface area contributed by atoms with Crippen molar-refractivity contribution >= 4 is 0 Å². The van der Waals surface area contributed by atoms with Gasteiger partial charge in [0, 0.05) is 12.4 Å². The molecule has 4 nitrogen and oxygen atoms in total. The number of nitrogens with zero attached hydrogens (tertiary/aromatic N) is 1. The van der Waals surface area contributed by atoms with Gasteiger partial charge >= 0.3 is 0 Å². The van der Waals surface area contributed by atoms with Crippen LogP contribution in [0.5, 0.6) is 5.75 Å². The summed E-state index contributed by atoms with van der Waals surface area (Å²) in [6.45, 7) is 2.83. The van der Waals surface area contributed by atoms with Crippen LogP contribution in [-0.2, 0) is 6.42 Å². The average Bonchev–Trinajstić information content (AvgIpc) is 2.52. The van der Waals surface area contributed by atoms with E-state index in [2.05, 4.69) is 23.4 Å². The number of benzene rings is 1. The number of hydrogen-bond acceptors (Lipinski definition) is 4. The largest absolute Gasteiger partial charge is 0.494 e. The molecule has 0 saturated carbocycles. The molecule has 0 aliphatic rings. The molecule has 0 amide bonds. The molecule has 1 aromatic carbocycles. The van der Waals surface area contributed by atoms with Gasteiger partial charge in [-0.3, -0.25) is 16.3 Å². The monoisotopic (exact) mass is 271 g/mol. The molecule has 0 aliphatic carbocycles. The van der Waals surface area contributed by atoms with Crippen LogP contribution in [0.4, 0.5) is 0 Å². The van der Waals surface area contributed by atoms with Crippen molar-refractivity contribution in [3.63, 3.8) is 0 Å². The van der Waals surface area contributed by atoms with Crippen molar-refractivity contribution in [3.8, 4) is 5.75 Å². The number of hydrogen-bond donors (Lipinski definition) is 2. The number of nitrogens with one attached hydrogen (secondary N) is 1. The molecule has 0 spiro atoms. The van der Waals surface area contributed by atoms with E-state index in [1.165, 1.54) is 5.56 Å². The quantitative estimate of drug-likeness (QED) is 0.600. The molecule has 0 bridgehead atoms. The summed E-state index contributed by atoms with van der Waals surface area (Å²) in [7, 11) is 0. The Morgan fingerprint density at radius 3 is 2.75 bits per heavy atom. The second kappa shape index (κ2) is 7.62. The molecule has 1 atom stereocenters. The molecule has 2 rings (SSSR count). The van der Waals surface area contributed by atoms with Crippen LogP contribution in [0.1, 0.15) is 30.5 Å². The lowest BCUT2D eigenvalue weighted by atomic mass is 10.00. The first kappa shape index (κ1) is 14.5. The highest BCUT2D eigenvalue weighted by Crippen LogP contribution is 2.22. The minimum atomic E-state index is 0.0579. The van der Waals surface area contributed by atoms with Gasteiger partial charge < -0.3 is 4.74 Å². The molecular formula is C16H21N3O. The van der Waals surface area contributed by atoms with Crippen LogP contribution < -0.4 is 16.0 Å². The van der Waals surface area contributed by atoms with Crippen molar-refractivity contribution in [2.75, 3.05) is 6.61 Å². The third-order valence-electron chi connectivity index (χ3n) is 3.12. The van der Waals surface area contributed by atoms with E-state index < -0.39 is 0 Å². The van der Waals surface area contributed by atoms with Gasteiger partial charge in [0.1, 0.15) is 5.75 Å². The molecule has 0 radical (unpaired) electrons. The summed E-state index contributed by atoms with van der Waals surface area (Å²) in [5.74, 6) is 6.58. The maximum absolute atomic E-state index is 5.70. The summed E-state index contributed by atoms with van der Waals surface area (Å²) in [6, 6.07) is 12.1. The first-order valence-electron chi connectivity index (χ1n) is 6.91. The zero-order valence-electron chi connectivity index (χ0n) is 11.8. The fraction of sp³-hybridized carbons (Fsp3) is 0.312. The summed E-state index contributed by atoms with van der Waals surface area (Å²) in [5.41, 5.74) is 5.19. The molecule has 0 aliphatic heterocycles. The van der Waals surface area contributed by atoms with Gasteiger partial charge in [-0.05, 0) is 48.2 Å². The van der Waals surface area contributed by atoms with E-state index >= 15 is 0 Å². The van der Waals surface area contributed by atoms with Crippen molar-refractivity contribution in [2.24, 2.45) is 5.84 Å². The molecule has 20 heavy (non-hydrogen) atoms. The van der Waals surface area contributed by atoms with E-state index in [-0.39, 0.29) is 6.04 Å². The molecule has 1 aromatic heterocycles. The number of pyridine rings is 1. The smallest absolute Gasteiger partial charge is 0.119 e. The third-order valence-corrected chi connectivity index (χ3v) is 3.12. The summed E-state index contributed by atoms with van der Waals surface area (Å²) >= 11 is 0. The predicted octanol–water partition coefficient (Wildman–Crippen LogP) is 2.62. The minimum absolute atomic E-state index is 0.0579. The molecular weight excluding hydrogens is 250 g/mol. The molecule has 106 valence electrons. The van der Waals surface area contributed by atoms with Crippen molar-refractivity contribution in [1.82, 2.24) is 10.4 Å². The van der Waals surface area contributed by atoms with Crippen LogP contribution in [0.2, 0.25) is 0 Å². The summed E-state index contributed by atoms with van der Waals surface area (Å²) in [4.78, 5) is 4.03. The maximum atomic E-state index is 5.70. The van der Waals surface area contributed by atoms with E-state index in [0.29, 0.717) is 0 Å². The third kappa shape index (κ3) is 4.05. The lowest BCUT2D eigenvalue weighted by Gasteiger charge is -2.17. The van der Waals surface area contributed by atoms with Crippen molar-refractivity contribution in [3.05, 3.63) is 59.9 Å². The lowest BCUT2D eigenvalue weighted by Crippen LogP contribution is -2.29. The maximum Gasteiger partial charge on any atom is 0.119 e. The first-order valence-corrected chi connectivity index (χ1v) is 6.91. The van der Waals surface area contributed by atoms with Crippen LogP contribution in [0.25, 0.3) is 0 Å². The van der Waals surface area contributed by atoms with Gasteiger partial charge in [0.05, 0.1) is 12.6 Å². The lowest BCUT2D eigenvalue weighted by molar-refractivity contribution is 0.316. The fourth-order valence-electron chi connectivity index (χ4n) is 2.07. The summed E-state index contributed by atoms with van der Waals surface area (Å²) in [5, 5.41) is 0. The predicted molar refractivity (Wildman–Crippen MR) is 80.2 cm³/mol. The van der Waals surface area contributed by atoms with Crippen LogP contribution >= 0.6 is 0 Å². The zero-order chi connectivity index (χ0) is 14.2. The Kier molecular flexibility index (Phi) is 5.53. The number of aromatic nitrogens is 1. The van der Waals surface area contributed by atoms with E-state index in [0.717, 1.165) is 30.8 Å². The Morgan fingerprint density at radius 2 is 2.05 bits per heavy atom. The summed E-state index contributed by atoms with van der Waals surface area (Å²) in [6.07, 6.45) is 5.41. The van der Waals surface area contributed by atoms with E-state index in [4.69, 9.17) is 10.6 Å². The Labute approximate surface area is 120 Å². The number of rotatable bonds is 7.